The van der Waals surface area contributed by atoms with Crippen molar-refractivity contribution in [2.45, 2.75) is 32.2 Å². The van der Waals surface area contributed by atoms with Crippen LogP contribution in [0.1, 0.15) is 16.3 Å². The van der Waals surface area contributed by atoms with Crippen LogP contribution in [0.5, 0.6) is 0 Å². The van der Waals surface area contributed by atoms with E-state index < -0.39 is 14.9 Å². The number of nitrogens with one attached hydrogen (secondary N) is 1. The molecule has 0 radical (unpaired) electrons. The Labute approximate surface area is 176 Å². The highest BCUT2D eigenvalue weighted by atomic mass is 32.2. The van der Waals surface area contributed by atoms with Crippen molar-refractivity contribution in [1.82, 2.24) is 19.5 Å². The van der Waals surface area contributed by atoms with E-state index in [-0.39, 0.29) is 29.2 Å². The van der Waals surface area contributed by atoms with Gasteiger partial charge in [0.25, 0.3) is 11.2 Å². The lowest BCUT2D eigenvalue weighted by Gasteiger charge is -2.10. The highest BCUT2D eigenvalue weighted by molar-refractivity contribution is 7.89. The molecule has 0 spiro atoms. The lowest BCUT2D eigenvalue weighted by atomic mass is 10.2. The molecule has 2 heterocycles. The van der Waals surface area contributed by atoms with Crippen LogP contribution in [0.4, 0.5) is 5.69 Å². The fraction of sp³-hybridized carbons (Fsp3) is 0.278. The lowest BCUT2D eigenvalue weighted by molar-refractivity contribution is -0.385. The Morgan fingerprint density at radius 1 is 1.20 bits per heavy atom. The third-order valence-electron chi connectivity index (χ3n) is 4.29. The number of nitro benzene ring substituents is 1. The molecule has 0 saturated heterocycles. The summed E-state index contributed by atoms with van der Waals surface area (Å²) >= 11 is 1.46. The second-order valence-corrected chi connectivity index (χ2v) is 9.47. The van der Waals surface area contributed by atoms with E-state index in [0.717, 1.165) is 21.6 Å². The quantitative estimate of drug-likeness (QED) is 0.431. The van der Waals surface area contributed by atoms with Crippen molar-refractivity contribution in [1.29, 1.82) is 0 Å². The van der Waals surface area contributed by atoms with Crippen LogP contribution in [0, 0.1) is 30.9 Å². The van der Waals surface area contributed by atoms with Crippen molar-refractivity contribution in [2.24, 2.45) is 0 Å². The van der Waals surface area contributed by atoms with E-state index in [9.17, 15) is 23.3 Å². The fourth-order valence-corrected chi connectivity index (χ4v) is 5.02. The zero-order valence-electron chi connectivity index (χ0n) is 16.4. The number of rotatable bonds is 7. The van der Waals surface area contributed by atoms with Gasteiger partial charge in [-0.2, -0.15) is 5.10 Å². The minimum atomic E-state index is -4.00. The number of thiazole rings is 1. The van der Waals surface area contributed by atoms with Gasteiger partial charge >= 0.3 is 0 Å². The molecule has 30 heavy (non-hydrogen) atoms. The first-order chi connectivity index (χ1) is 14.1. The summed E-state index contributed by atoms with van der Waals surface area (Å²) < 4.78 is 28.7. The number of non-ortho nitro benzene ring substituents is 1. The van der Waals surface area contributed by atoms with Crippen molar-refractivity contribution in [2.75, 3.05) is 6.54 Å². The van der Waals surface area contributed by atoms with Crippen molar-refractivity contribution in [3.63, 3.8) is 0 Å². The predicted octanol–water partition coefficient (Wildman–Crippen LogP) is 2.18. The average molecular weight is 450 g/mol. The topological polar surface area (TPSA) is 137 Å². The Kier molecular flexibility index (Phi) is 6.10. The molecular weight excluding hydrogens is 430 g/mol. The predicted molar refractivity (Wildman–Crippen MR) is 112 cm³/mol. The largest absolute Gasteiger partial charge is 0.270 e. The Morgan fingerprint density at radius 3 is 2.57 bits per heavy atom. The molecule has 0 fully saturated rings. The molecule has 0 bridgehead atoms. The zero-order valence-corrected chi connectivity index (χ0v) is 18.1. The van der Waals surface area contributed by atoms with E-state index in [1.54, 1.807) is 13.0 Å². The molecule has 1 aromatic carbocycles. The summed E-state index contributed by atoms with van der Waals surface area (Å²) in [4.78, 5) is 27.4. The molecule has 12 heteroatoms. The van der Waals surface area contributed by atoms with Gasteiger partial charge in [-0.25, -0.2) is 22.8 Å². The SMILES string of the molecule is Cc1nc(C)c(-c2ccc(=O)n(CCNS(=O)(=O)c3cc([N+](=O)[O-])ccc3C)n2)s1. The van der Waals surface area contributed by atoms with Gasteiger partial charge in [0.05, 0.1) is 31.9 Å². The number of hydrogen-bond acceptors (Lipinski definition) is 8. The molecule has 0 saturated carbocycles. The number of sulfonamides is 1. The molecule has 2 aromatic heterocycles. The minimum Gasteiger partial charge on any atom is -0.268 e. The summed E-state index contributed by atoms with van der Waals surface area (Å²) in [7, 11) is -4.00. The highest BCUT2D eigenvalue weighted by Crippen LogP contribution is 2.27. The summed E-state index contributed by atoms with van der Waals surface area (Å²) in [6.45, 7) is 5.17. The van der Waals surface area contributed by atoms with Gasteiger partial charge in [0, 0.05) is 24.7 Å². The normalized spacial score (nSPS) is 11.6. The summed E-state index contributed by atoms with van der Waals surface area (Å²) in [6.07, 6.45) is 0. The first-order valence-electron chi connectivity index (χ1n) is 8.86. The van der Waals surface area contributed by atoms with E-state index in [4.69, 9.17) is 0 Å². The van der Waals surface area contributed by atoms with Gasteiger partial charge in [0.1, 0.15) is 5.69 Å². The van der Waals surface area contributed by atoms with Crippen LogP contribution in [0.2, 0.25) is 0 Å². The Morgan fingerprint density at radius 2 is 1.93 bits per heavy atom. The molecule has 0 amide bonds. The molecule has 0 aliphatic rings. The number of hydrogen-bond donors (Lipinski definition) is 1. The van der Waals surface area contributed by atoms with E-state index in [2.05, 4.69) is 14.8 Å². The zero-order chi connectivity index (χ0) is 22.1. The molecule has 0 aliphatic heterocycles. The Bertz CT molecular complexity index is 1280. The van der Waals surface area contributed by atoms with Gasteiger partial charge in [0.15, 0.2) is 0 Å². The van der Waals surface area contributed by atoms with Crippen LogP contribution in [0.15, 0.2) is 40.0 Å². The lowest BCUT2D eigenvalue weighted by Crippen LogP contribution is -2.32. The van der Waals surface area contributed by atoms with Crippen LogP contribution >= 0.6 is 11.3 Å². The van der Waals surface area contributed by atoms with Gasteiger partial charge in [-0.1, -0.05) is 6.07 Å². The third kappa shape index (κ3) is 4.61. The van der Waals surface area contributed by atoms with Gasteiger partial charge in [-0.3, -0.25) is 14.9 Å². The summed E-state index contributed by atoms with van der Waals surface area (Å²) in [6, 6.07) is 6.61. The van der Waals surface area contributed by atoms with Crippen LogP contribution in [0.3, 0.4) is 0 Å². The molecule has 0 aliphatic carbocycles. The molecule has 3 aromatic rings. The number of benzene rings is 1. The molecule has 0 atom stereocenters. The van der Waals surface area contributed by atoms with Crippen molar-refractivity contribution in [3.8, 4) is 10.6 Å². The second kappa shape index (κ2) is 8.42. The van der Waals surface area contributed by atoms with Crippen molar-refractivity contribution < 1.29 is 13.3 Å². The van der Waals surface area contributed by atoms with Crippen molar-refractivity contribution in [3.05, 3.63) is 67.1 Å². The second-order valence-electron chi connectivity index (χ2n) is 6.53. The molecule has 0 unspecified atom stereocenters. The maximum absolute atomic E-state index is 12.6. The summed E-state index contributed by atoms with van der Waals surface area (Å²) in [5.74, 6) is 0. The summed E-state index contributed by atoms with van der Waals surface area (Å²) in [5, 5.41) is 16.1. The smallest absolute Gasteiger partial charge is 0.268 e. The van der Waals surface area contributed by atoms with Gasteiger partial charge in [0.2, 0.25) is 10.0 Å². The number of aromatic nitrogens is 3. The number of nitro groups is 1. The van der Waals surface area contributed by atoms with Crippen molar-refractivity contribution >= 4 is 27.0 Å². The summed E-state index contributed by atoms with van der Waals surface area (Å²) in [5.41, 5.74) is 1.07. The van der Waals surface area contributed by atoms with Crippen LogP contribution in [-0.2, 0) is 16.6 Å². The average Bonchev–Trinajstić information content (AvgIpc) is 3.01. The molecule has 1 N–H and O–H groups in total. The molecular formula is C18H19N5O5S2. The van der Waals surface area contributed by atoms with Gasteiger partial charge in [-0.05, 0) is 32.4 Å². The Balaban J connectivity index is 1.79. The maximum atomic E-state index is 12.6. The van der Waals surface area contributed by atoms with E-state index >= 15 is 0 Å². The maximum Gasteiger partial charge on any atom is 0.270 e. The standard InChI is InChI=1S/C18H19N5O5S2/c1-11-4-5-14(23(25)26)10-16(11)30(27,28)19-8-9-22-17(24)7-6-15(21-22)18-12(2)20-13(3)29-18/h4-7,10,19H,8-9H2,1-3H3. The van der Waals surface area contributed by atoms with E-state index in [1.165, 1.54) is 34.2 Å². The van der Waals surface area contributed by atoms with Gasteiger partial charge in [-0.15, -0.1) is 11.3 Å². The Hall–Kier alpha value is -2.96. The van der Waals surface area contributed by atoms with E-state index in [0.29, 0.717) is 11.3 Å². The third-order valence-corrected chi connectivity index (χ3v) is 6.99. The van der Waals surface area contributed by atoms with Crippen LogP contribution in [-0.4, -0.2) is 34.7 Å². The first-order valence-corrected chi connectivity index (χ1v) is 11.2. The molecule has 10 nitrogen and oxygen atoms in total. The van der Waals surface area contributed by atoms with Crippen LogP contribution < -0.4 is 10.3 Å². The monoisotopic (exact) mass is 449 g/mol. The minimum absolute atomic E-state index is 0.00326. The molecule has 3 rings (SSSR count). The van der Waals surface area contributed by atoms with Crippen LogP contribution in [0.25, 0.3) is 10.6 Å². The fourth-order valence-electron chi connectivity index (χ4n) is 2.85. The number of nitrogens with zero attached hydrogens (tertiary/aromatic N) is 4. The van der Waals surface area contributed by atoms with E-state index in [1.807, 2.05) is 13.8 Å². The molecule has 158 valence electrons. The first kappa shape index (κ1) is 21.7. The number of aryl methyl sites for hydroxylation is 3. The van der Waals surface area contributed by atoms with Gasteiger partial charge < -0.3 is 0 Å². The highest BCUT2D eigenvalue weighted by Gasteiger charge is 2.20.